The standard InChI is InChI=1S/C19H25F2NO2S2/c1-4-14(23)17(19(3,24)18(20)21)22-11-5-6-13-8-10-16(26-13)15-9-7-12(2)25-15/h7-10,17-18,22,24H,4-6,11H2,1-3H3/t17-,19+/m1/s1. The van der Waals surface area contributed by atoms with E-state index in [1.54, 1.807) is 29.6 Å². The van der Waals surface area contributed by atoms with Crippen molar-refractivity contribution >= 4 is 28.5 Å². The zero-order valence-electron chi connectivity index (χ0n) is 15.2. The fourth-order valence-electron chi connectivity index (χ4n) is 2.70. The van der Waals surface area contributed by atoms with Crippen LogP contribution in [0.25, 0.3) is 9.75 Å². The van der Waals surface area contributed by atoms with Gasteiger partial charge in [0.2, 0.25) is 0 Å². The molecule has 7 heteroatoms. The van der Waals surface area contributed by atoms with Crippen molar-refractivity contribution in [3.05, 3.63) is 34.0 Å². The maximum atomic E-state index is 13.1. The van der Waals surface area contributed by atoms with E-state index in [1.165, 1.54) is 19.5 Å². The first-order chi connectivity index (χ1) is 12.3. The Morgan fingerprint density at radius 2 is 1.88 bits per heavy atom. The molecule has 0 aliphatic carbocycles. The van der Waals surface area contributed by atoms with Crippen LogP contribution in [0.2, 0.25) is 0 Å². The number of ketones is 1. The van der Waals surface area contributed by atoms with E-state index in [4.69, 9.17) is 0 Å². The van der Waals surface area contributed by atoms with Gasteiger partial charge < -0.3 is 10.4 Å². The van der Waals surface area contributed by atoms with Gasteiger partial charge in [0.1, 0.15) is 11.6 Å². The zero-order chi connectivity index (χ0) is 19.3. The summed E-state index contributed by atoms with van der Waals surface area (Å²) < 4.78 is 26.1. The fraction of sp³-hybridized carbons (Fsp3) is 0.526. The van der Waals surface area contributed by atoms with Crippen molar-refractivity contribution in [1.82, 2.24) is 5.32 Å². The third kappa shape index (κ3) is 5.19. The lowest BCUT2D eigenvalue weighted by Gasteiger charge is -2.31. The number of rotatable bonds is 10. The van der Waals surface area contributed by atoms with Gasteiger partial charge in [0.05, 0.1) is 0 Å². The Morgan fingerprint density at radius 3 is 2.46 bits per heavy atom. The molecule has 0 fully saturated rings. The van der Waals surface area contributed by atoms with Crippen molar-refractivity contribution in [2.75, 3.05) is 6.54 Å². The topological polar surface area (TPSA) is 49.3 Å². The molecular weight excluding hydrogens is 376 g/mol. The van der Waals surface area contributed by atoms with Crippen LogP contribution in [-0.2, 0) is 11.2 Å². The first kappa shape index (κ1) is 21.2. The van der Waals surface area contributed by atoms with Crippen LogP contribution < -0.4 is 5.32 Å². The maximum absolute atomic E-state index is 13.1. The number of alkyl halides is 2. The van der Waals surface area contributed by atoms with Crippen LogP contribution in [0.3, 0.4) is 0 Å². The Morgan fingerprint density at radius 1 is 1.23 bits per heavy atom. The summed E-state index contributed by atoms with van der Waals surface area (Å²) >= 11 is 3.49. The van der Waals surface area contributed by atoms with E-state index in [0.717, 1.165) is 13.3 Å². The molecule has 2 atom stereocenters. The predicted molar refractivity (Wildman–Crippen MR) is 104 cm³/mol. The van der Waals surface area contributed by atoms with E-state index in [9.17, 15) is 18.7 Å². The summed E-state index contributed by atoms with van der Waals surface area (Å²) in [4.78, 5) is 16.9. The second-order valence-corrected chi connectivity index (χ2v) is 8.97. The molecule has 2 N–H and O–H groups in total. The molecule has 0 radical (unpaired) electrons. The highest BCUT2D eigenvalue weighted by Crippen LogP contribution is 2.33. The molecule has 0 aliphatic rings. The van der Waals surface area contributed by atoms with Gasteiger partial charge in [0.25, 0.3) is 6.43 Å². The lowest BCUT2D eigenvalue weighted by Crippen LogP contribution is -2.57. The number of Topliss-reactive ketones (excluding diaryl/α,β-unsaturated/α-hetero) is 1. The summed E-state index contributed by atoms with van der Waals surface area (Å²) in [6.07, 6.45) is -1.37. The average molecular weight is 402 g/mol. The van der Waals surface area contributed by atoms with Gasteiger partial charge in [-0.3, -0.25) is 4.79 Å². The molecular formula is C19H25F2NO2S2. The van der Waals surface area contributed by atoms with E-state index < -0.39 is 23.9 Å². The summed E-state index contributed by atoms with van der Waals surface area (Å²) in [6.45, 7) is 5.09. The van der Waals surface area contributed by atoms with Crippen molar-refractivity contribution in [3.63, 3.8) is 0 Å². The summed E-state index contributed by atoms with van der Waals surface area (Å²) in [5.74, 6) is -0.401. The molecule has 2 heterocycles. The normalized spacial score (nSPS) is 15.2. The summed E-state index contributed by atoms with van der Waals surface area (Å²) in [5.41, 5.74) is -2.36. The van der Waals surface area contributed by atoms with Crippen LogP contribution in [0.4, 0.5) is 8.78 Å². The Labute approximate surface area is 161 Å². The van der Waals surface area contributed by atoms with Gasteiger partial charge in [-0.05, 0) is 57.5 Å². The van der Waals surface area contributed by atoms with Crippen molar-refractivity contribution in [1.29, 1.82) is 0 Å². The van der Waals surface area contributed by atoms with Crippen molar-refractivity contribution in [2.24, 2.45) is 0 Å². The molecule has 0 unspecified atom stereocenters. The number of thiophene rings is 2. The quantitative estimate of drug-likeness (QED) is 0.569. The monoisotopic (exact) mass is 401 g/mol. The number of halogens is 2. The zero-order valence-corrected chi connectivity index (χ0v) is 16.9. The second-order valence-electron chi connectivity index (χ2n) is 6.51. The van der Waals surface area contributed by atoms with Crippen LogP contribution >= 0.6 is 22.7 Å². The first-order valence-electron chi connectivity index (χ1n) is 8.67. The molecule has 0 saturated heterocycles. The maximum Gasteiger partial charge on any atom is 0.268 e. The van der Waals surface area contributed by atoms with Crippen LogP contribution in [0.1, 0.15) is 36.4 Å². The molecule has 2 aromatic heterocycles. The van der Waals surface area contributed by atoms with Crippen LogP contribution in [-0.4, -0.2) is 35.5 Å². The smallest absolute Gasteiger partial charge is 0.268 e. The molecule has 0 saturated carbocycles. The molecule has 0 amide bonds. The van der Waals surface area contributed by atoms with Gasteiger partial charge >= 0.3 is 0 Å². The van der Waals surface area contributed by atoms with E-state index in [-0.39, 0.29) is 6.42 Å². The van der Waals surface area contributed by atoms with Gasteiger partial charge in [-0.25, -0.2) is 8.78 Å². The molecule has 0 spiro atoms. The number of hydrogen-bond acceptors (Lipinski definition) is 5. The highest BCUT2D eigenvalue weighted by atomic mass is 32.1. The number of hydrogen-bond donors (Lipinski definition) is 2. The second kappa shape index (κ2) is 9.17. The number of aryl methyl sites for hydroxylation is 2. The van der Waals surface area contributed by atoms with Crippen LogP contribution in [0.15, 0.2) is 24.3 Å². The Kier molecular flexibility index (Phi) is 7.46. The molecule has 0 aliphatic heterocycles. The lowest BCUT2D eigenvalue weighted by atomic mass is 9.92. The largest absolute Gasteiger partial charge is 0.382 e. The molecule has 26 heavy (non-hydrogen) atoms. The molecule has 0 aromatic carbocycles. The van der Waals surface area contributed by atoms with Crippen LogP contribution in [0.5, 0.6) is 0 Å². The van der Waals surface area contributed by atoms with Gasteiger partial charge in [0.15, 0.2) is 5.78 Å². The summed E-state index contributed by atoms with van der Waals surface area (Å²) in [7, 11) is 0. The van der Waals surface area contributed by atoms with E-state index in [2.05, 4.69) is 36.5 Å². The number of nitrogens with one attached hydrogen (secondary N) is 1. The summed E-state index contributed by atoms with van der Waals surface area (Å²) in [6, 6.07) is 7.15. The third-order valence-electron chi connectivity index (χ3n) is 4.29. The molecule has 144 valence electrons. The van der Waals surface area contributed by atoms with Crippen molar-refractivity contribution in [3.8, 4) is 9.75 Å². The first-order valence-corrected chi connectivity index (χ1v) is 10.3. The average Bonchev–Trinajstić information content (AvgIpc) is 3.22. The number of carbonyl (C=O) groups is 1. The van der Waals surface area contributed by atoms with E-state index in [0.29, 0.717) is 13.0 Å². The number of aliphatic hydroxyl groups is 1. The molecule has 3 nitrogen and oxygen atoms in total. The SMILES string of the molecule is CCC(=O)[C@@H](NCCCc1ccc(-c2ccc(C)s2)s1)[C@](C)(O)C(F)F. The fourth-order valence-corrected chi connectivity index (χ4v) is 4.70. The van der Waals surface area contributed by atoms with Gasteiger partial charge in [-0.2, -0.15) is 0 Å². The Bertz CT molecular complexity index is 725. The molecule has 2 aromatic rings. The van der Waals surface area contributed by atoms with Gasteiger partial charge in [-0.15, -0.1) is 22.7 Å². The summed E-state index contributed by atoms with van der Waals surface area (Å²) in [5, 5.41) is 12.8. The lowest BCUT2D eigenvalue weighted by molar-refractivity contribution is -0.141. The minimum atomic E-state index is -2.98. The number of carbonyl (C=O) groups excluding carboxylic acids is 1. The molecule has 0 bridgehead atoms. The highest BCUT2D eigenvalue weighted by molar-refractivity contribution is 7.22. The minimum Gasteiger partial charge on any atom is -0.382 e. The predicted octanol–water partition coefficient (Wildman–Crippen LogP) is 4.67. The Balaban J connectivity index is 1.88. The van der Waals surface area contributed by atoms with Crippen LogP contribution in [0, 0.1) is 6.92 Å². The minimum absolute atomic E-state index is 0.106. The Hall–Kier alpha value is -1.15. The third-order valence-corrected chi connectivity index (χ3v) is 6.63. The highest BCUT2D eigenvalue weighted by Gasteiger charge is 2.43. The van der Waals surface area contributed by atoms with Gasteiger partial charge in [-0.1, -0.05) is 6.92 Å². The van der Waals surface area contributed by atoms with Crippen molar-refractivity contribution in [2.45, 2.75) is 58.1 Å². The van der Waals surface area contributed by atoms with Gasteiger partial charge in [0, 0.05) is 25.9 Å². The van der Waals surface area contributed by atoms with Crippen molar-refractivity contribution < 1.29 is 18.7 Å². The molecule has 2 rings (SSSR count). The van der Waals surface area contributed by atoms with E-state index in [1.807, 2.05) is 0 Å². The van der Waals surface area contributed by atoms with E-state index >= 15 is 0 Å².